The highest BCUT2D eigenvalue weighted by Gasteiger charge is 1.89. The van der Waals surface area contributed by atoms with Gasteiger partial charge >= 0.3 is 0 Å². The van der Waals surface area contributed by atoms with Gasteiger partial charge in [-0.3, -0.25) is 5.43 Å². The van der Waals surface area contributed by atoms with Crippen molar-refractivity contribution in [1.29, 1.82) is 0 Å². The Morgan fingerprint density at radius 1 is 1.83 bits per heavy atom. The van der Waals surface area contributed by atoms with E-state index in [1.807, 2.05) is 12.3 Å². The molecule has 0 bridgehead atoms. The molecule has 0 radical (unpaired) electrons. The molecule has 0 amide bonds. The minimum atomic E-state index is 0.637. The Morgan fingerprint density at radius 3 is 3.25 bits per heavy atom. The van der Waals surface area contributed by atoms with Crippen molar-refractivity contribution in [2.45, 2.75) is 0 Å². The number of furan rings is 1. The molecular weight excluding hydrogens is 192 g/mol. The maximum absolute atomic E-state index is 5.01. The fourth-order valence-electron chi connectivity index (χ4n) is 0.559. The van der Waals surface area contributed by atoms with E-state index in [2.05, 4.69) is 10.5 Å². The predicted molar refractivity (Wildman–Crippen MR) is 55.6 cm³/mol. The summed E-state index contributed by atoms with van der Waals surface area (Å²) in [5, 5.41) is 3.85. The number of nitrogens with zero attached hydrogens (tertiary/aromatic N) is 1. The van der Waals surface area contributed by atoms with Gasteiger partial charge in [-0.1, -0.05) is 24.0 Å². The molecule has 64 valence electrons. The fourth-order valence-corrected chi connectivity index (χ4v) is 0.756. The summed E-state index contributed by atoms with van der Waals surface area (Å²) in [6.07, 6.45) is 5.05. The molecule has 1 N–H and O–H groups in total. The van der Waals surface area contributed by atoms with Crippen LogP contribution in [0.2, 0.25) is 0 Å². The van der Waals surface area contributed by atoms with Crippen LogP contribution in [0.15, 0.2) is 27.9 Å². The summed E-state index contributed by atoms with van der Waals surface area (Å²) in [6, 6.07) is 3.61. The standard InChI is InChI=1S/C7H8N2OS2/c1-12-7(11)9-8-5-6-3-2-4-10-6/h2-5H,1H3,(H,9,11)/b8-5-. The molecule has 0 saturated carbocycles. The van der Waals surface area contributed by atoms with Gasteiger partial charge in [0, 0.05) is 0 Å². The molecule has 0 unspecified atom stereocenters. The predicted octanol–water partition coefficient (Wildman–Crippen LogP) is 1.85. The molecule has 0 aliphatic heterocycles. The fraction of sp³-hybridized carbons (Fsp3) is 0.143. The highest BCUT2D eigenvalue weighted by molar-refractivity contribution is 8.22. The number of nitrogens with one attached hydrogen (secondary N) is 1. The number of thiocarbonyl (C=S) groups is 1. The van der Waals surface area contributed by atoms with E-state index in [9.17, 15) is 0 Å². The van der Waals surface area contributed by atoms with Crippen LogP contribution in [0.25, 0.3) is 0 Å². The van der Waals surface area contributed by atoms with Gasteiger partial charge in [0.25, 0.3) is 0 Å². The molecule has 0 spiro atoms. The molecule has 0 atom stereocenters. The molecule has 1 aromatic heterocycles. The summed E-state index contributed by atoms with van der Waals surface area (Å²) in [5.74, 6) is 0.700. The molecule has 0 aromatic carbocycles. The van der Waals surface area contributed by atoms with E-state index in [4.69, 9.17) is 16.6 Å². The van der Waals surface area contributed by atoms with Crippen molar-refractivity contribution in [1.82, 2.24) is 5.43 Å². The van der Waals surface area contributed by atoms with Crippen molar-refractivity contribution < 1.29 is 4.42 Å². The third kappa shape index (κ3) is 3.06. The lowest BCUT2D eigenvalue weighted by molar-refractivity contribution is 0.560. The van der Waals surface area contributed by atoms with Crippen molar-refractivity contribution in [2.24, 2.45) is 5.10 Å². The minimum absolute atomic E-state index is 0.637. The van der Waals surface area contributed by atoms with Crippen LogP contribution in [0.4, 0.5) is 0 Å². The number of hydrogen-bond donors (Lipinski definition) is 1. The van der Waals surface area contributed by atoms with E-state index in [-0.39, 0.29) is 0 Å². The van der Waals surface area contributed by atoms with Gasteiger partial charge < -0.3 is 4.42 Å². The number of thioether (sulfide) groups is 1. The van der Waals surface area contributed by atoms with Crippen molar-refractivity contribution in [3.05, 3.63) is 24.2 Å². The van der Waals surface area contributed by atoms with E-state index < -0.39 is 0 Å². The molecule has 0 aliphatic rings. The van der Waals surface area contributed by atoms with E-state index in [1.54, 1.807) is 18.5 Å². The first-order valence-electron chi connectivity index (χ1n) is 3.23. The molecule has 0 fully saturated rings. The normalized spacial score (nSPS) is 10.4. The van der Waals surface area contributed by atoms with Crippen LogP contribution in [-0.2, 0) is 0 Å². The first kappa shape index (κ1) is 9.28. The van der Waals surface area contributed by atoms with Gasteiger partial charge in [-0.25, -0.2) is 0 Å². The maximum atomic E-state index is 5.01. The van der Waals surface area contributed by atoms with Gasteiger partial charge in [0.05, 0.1) is 12.5 Å². The summed E-state index contributed by atoms with van der Waals surface area (Å²) in [7, 11) is 0. The largest absolute Gasteiger partial charge is 0.463 e. The van der Waals surface area contributed by atoms with Crippen molar-refractivity contribution in [2.75, 3.05) is 6.26 Å². The molecule has 1 heterocycles. The Morgan fingerprint density at radius 2 is 2.67 bits per heavy atom. The third-order valence-corrected chi connectivity index (χ3v) is 2.13. The van der Waals surface area contributed by atoms with Gasteiger partial charge in [0.15, 0.2) is 4.32 Å². The van der Waals surface area contributed by atoms with Gasteiger partial charge in [-0.15, -0.1) is 0 Å². The van der Waals surface area contributed by atoms with Gasteiger partial charge in [-0.05, 0) is 18.4 Å². The summed E-state index contributed by atoms with van der Waals surface area (Å²) in [5.41, 5.74) is 2.67. The first-order chi connectivity index (χ1) is 5.83. The third-order valence-electron chi connectivity index (χ3n) is 1.08. The van der Waals surface area contributed by atoms with E-state index in [0.717, 1.165) is 0 Å². The summed E-state index contributed by atoms with van der Waals surface area (Å²) in [4.78, 5) is 0. The van der Waals surface area contributed by atoms with Gasteiger partial charge in [0.1, 0.15) is 5.76 Å². The van der Waals surface area contributed by atoms with Crippen LogP contribution in [0.5, 0.6) is 0 Å². The average Bonchev–Trinajstić information content (AvgIpc) is 2.57. The molecule has 5 heteroatoms. The molecule has 1 rings (SSSR count). The van der Waals surface area contributed by atoms with Crippen LogP contribution < -0.4 is 5.43 Å². The second-order valence-electron chi connectivity index (χ2n) is 1.88. The van der Waals surface area contributed by atoms with Crippen LogP contribution in [0, 0.1) is 0 Å². The van der Waals surface area contributed by atoms with Crippen LogP contribution in [0.3, 0.4) is 0 Å². The molecule has 3 nitrogen and oxygen atoms in total. The van der Waals surface area contributed by atoms with Crippen molar-refractivity contribution in [3.63, 3.8) is 0 Å². The Kier molecular flexibility index (Phi) is 3.83. The highest BCUT2D eigenvalue weighted by atomic mass is 32.2. The topological polar surface area (TPSA) is 37.5 Å². The molecule has 1 aromatic rings. The lowest BCUT2D eigenvalue weighted by atomic mass is 10.5. The lowest BCUT2D eigenvalue weighted by Gasteiger charge is -1.94. The quantitative estimate of drug-likeness (QED) is 0.449. The molecule has 12 heavy (non-hydrogen) atoms. The Labute approximate surface area is 80.2 Å². The number of rotatable bonds is 2. The average molecular weight is 200 g/mol. The highest BCUT2D eigenvalue weighted by Crippen LogP contribution is 1.96. The zero-order valence-electron chi connectivity index (χ0n) is 6.48. The Balaban J connectivity index is 2.37. The van der Waals surface area contributed by atoms with E-state index in [1.165, 1.54) is 11.8 Å². The summed E-state index contributed by atoms with van der Waals surface area (Å²) in [6.45, 7) is 0. The SMILES string of the molecule is CSC(=S)N/N=C\c1ccco1. The minimum Gasteiger partial charge on any atom is -0.463 e. The smallest absolute Gasteiger partial charge is 0.153 e. The maximum Gasteiger partial charge on any atom is 0.153 e. The zero-order chi connectivity index (χ0) is 8.81. The van der Waals surface area contributed by atoms with Crippen molar-refractivity contribution in [3.8, 4) is 0 Å². The first-order valence-corrected chi connectivity index (χ1v) is 4.87. The second-order valence-corrected chi connectivity index (χ2v) is 3.36. The van der Waals surface area contributed by atoms with Crippen LogP contribution >= 0.6 is 24.0 Å². The second kappa shape index (κ2) is 4.95. The Hall–Kier alpha value is -0.810. The lowest BCUT2D eigenvalue weighted by Crippen LogP contribution is -2.09. The number of hydrazone groups is 1. The summed E-state index contributed by atoms with van der Waals surface area (Å²) >= 11 is 6.30. The van der Waals surface area contributed by atoms with Gasteiger partial charge in [-0.2, -0.15) is 5.10 Å². The van der Waals surface area contributed by atoms with E-state index in [0.29, 0.717) is 10.1 Å². The van der Waals surface area contributed by atoms with E-state index >= 15 is 0 Å². The van der Waals surface area contributed by atoms with Crippen LogP contribution in [0.1, 0.15) is 5.76 Å². The molecule has 0 saturated heterocycles. The van der Waals surface area contributed by atoms with Gasteiger partial charge in [0.2, 0.25) is 0 Å². The molecule has 0 aliphatic carbocycles. The Bertz CT molecular complexity index is 269. The van der Waals surface area contributed by atoms with Crippen LogP contribution in [-0.4, -0.2) is 16.8 Å². The monoisotopic (exact) mass is 200 g/mol. The molecular formula is C7H8N2OS2. The summed E-state index contributed by atoms with van der Waals surface area (Å²) < 4.78 is 5.65. The van der Waals surface area contributed by atoms with Crippen molar-refractivity contribution >= 4 is 34.5 Å². The zero-order valence-corrected chi connectivity index (χ0v) is 8.11. The number of hydrogen-bond acceptors (Lipinski definition) is 4.